The van der Waals surface area contributed by atoms with Crippen LogP contribution in [0.1, 0.15) is 29.8 Å². The van der Waals surface area contributed by atoms with Crippen LogP contribution in [-0.4, -0.2) is 22.6 Å². The molecule has 0 atom stereocenters. The molecule has 25 heavy (non-hydrogen) atoms. The fourth-order valence-corrected chi connectivity index (χ4v) is 2.05. The highest BCUT2D eigenvalue weighted by Gasteiger charge is 2.09. The molecule has 0 bridgehead atoms. The minimum absolute atomic E-state index is 0.0462. The Morgan fingerprint density at radius 2 is 1.68 bits per heavy atom. The van der Waals surface area contributed by atoms with Gasteiger partial charge in [0, 0.05) is 29.1 Å². The third-order valence-corrected chi connectivity index (χ3v) is 3.51. The van der Waals surface area contributed by atoms with Gasteiger partial charge in [0.05, 0.1) is 0 Å². The molecule has 6 nitrogen and oxygen atoms in total. The van der Waals surface area contributed by atoms with E-state index < -0.39 is 11.8 Å². The van der Waals surface area contributed by atoms with Crippen molar-refractivity contribution >= 4 is 29.1 Å². The second-order valence-corrected chi connectivity index (χ2v) is 5.57. The molecule has 0 unspecified atom stereocenters. The minimum atomic E-state index is -0.430. The topological polar surface area (TPSA) is 88.2 Å². The summed E-state index contributed by atoms with van der Waals surface area (Å²) in [5, 5.41) is 5.31. The number of hydrogen-bond acceptors (Lipinski definition) is 4. The lowest BCUT2D eigenvalue weighted by atomic mass is 10.1. The summed E-state index contributed by atoms with van der Waals surface area (Å²) < 4.78 is 0. The summed E-state index contributed by atoms with van der Waals surface area (Å²) in [4.78, 5) is 39.5. The van der Waals surface area contributed by atoms with Crippen molar-refractivity contribution in [2.24, 2.45) is 0 Å². The van der Waals surface area contributed by atoms with Crippen molar-refractivity contribution in [1.29, 1.82) is 0 Å². The Morgan fingerprint density at radius 1 is 1.00 bits per heavy atom. The van der Waals surface area contributed by atoms with E-state index in [4.69, 9.17) is 0 Å². The van der Waals surface area contributed by atoms with Gasteiger partial charge in [-0.25, -0.2) is 4.98 Å². The molecule has 2 aromatic rings. The largest absolute Gasteiger partial charge is 0.323 e. The molecule has 0 aliphatic heterocycles. The second-order valence-electron chi connectivity index (χ2n) is 5.57. The van der Waals surface area contributed by atoms with E-state index in [-0.39, 0.29) is 11.4 Å². The first-order chi connectivity index (χ1) is 11.9. The Balaban J connectivity index is 2.00. The summed E-state index contributed by atoms with van der Waals surface area (Å²) in [6, 6.07) is 10.1. The van der Waals surface area contributed by atoms with Gasteiger partial charge in [-0.05, 0) is 56.7 Å². The summed E-state index contributed by atoms with van der Waals surface area (Å²) in [5.41, 5.74) is 2.19. The van der Waals surface area contributed by atoms with E-state index in [1.807, 2.05) is 13.0 Å². The molecule has 0 aliphatic rings. The predicted molar refractivity (Wildman–Crippen MR) is 96.4 cm³/mol. The van der Waals surface area contributed by atoms with E-state index in [2.05, 4.69) is 15.6 Å². The van der Waals surface area contributed by atoms with E-state index in [1.54, 1.807) is 43.5 Å². The Kier molecular flexibility index (Phi) is 5.79. The second kappa shape index (κ2) is 8.01. The zero-order valence-electron chi connectivity index (χ0n) is 14.3. The number of amides is 2. The number of rotatable bonds is 5. The molecule has 1 heterocycles. The molecule has 0 radical (unpaired) electrons. The average molecular weight is 337 g/mol. The number of pyridine rings is 1. The first-order valence-electron chi connectivity index (χ1n) is 7.70. The van der Waals surface area contributed by atoms with E-state index in [1.165, 1.54) is 13.0 Å². The molecule has 0 saturated carbocycles. The highest BCUT2D eigenvalue weighted by atomic mass is 16.2. The molecule has 2 N–H and O–H groups in total. The fraction of sp³-hybridized carbons (Fsp3) is 0.158. The van der Waals surface area contributed by atoms with Crippen LogP contribution < -0.4 is 10.6 Å². The first-order valence-corrected chi connectivity index (χ1v) is 7.70. The van der Waals surface area contributed by atoms with Crippen LogP contribution in [0.25, 0.3) is 0 Å². The molecule has 1 aromatic heterocycles. The normalized spacial score (nSPS) is 10.9. The van der Waals surface area contributed by atoms with Crippen molar-refractivity contribution < 1.29 is 14.4 Å². The number of anilines is 2. The average Bonchev–Trinajstić information content (AvgIpc) is 2.57. The van der Waals surface area contributed by atoms with Crippen molar-refractivity contribution in [1.82, 2.24) is 4.98 Å². The molecule has 6 heteroatoms. The Bertz CT molecular complexity index is 839. The maximum absolute atomic E-state index is 12.1. The Hall–Kier alpha value is -3.28. The summed E-state index contributed by atoms with van der Waals surface area (Å²) in [6.07, 6.45) is 2.80. The van der Waals surface area contributed by atoms with Gasteiger partial charge in [0.15, 0.2) is 5.78 Å². The van der Waals surface area contributed by atoms with Crippen molar-refractivity contribution in [3.8, 4) is 0 Å². The summed E-state index contributed by atoms with van der Waals surface area (Å²) in [6.45, 7) is 4.85. The molecule has 2 rings (SSSR count). The van der Waals surface area contributed by atoms with Gasteiger partial charge in [0.2, 0.25) is 5.91 Å². The lowest BCUT2D eigenvalue weighted by Crippen LogP contribution is -2.17. The van der Waals surface area contributed by atoms with Crippen LogP contribution in [-0.2, 0) is 9.59 Å². The van der Waals surface area contributed by atoms with E-state index in [9.17, 15) is 14.4 Å². The van der Waals surface area contributed by atoms with Gasteiger partial charge in [-0.1, -0.05) is 6.07 Å². The van der Waals surface area contributed by atoms with Gasteiger partial charge in [-0.2, -0.15) is 0 Å². The maximum Gasteiger partial charge on any atom is 0.252 e. The number of Topliss-reactive ketones (excluding diaryl/α,β-unsaturated/α-hetero) is 1. The van der Waals surface area contributed by atoms with Gasteiger partial charge in [0.1, 0.15) is 5.82 Å². The summed E-state index contributed by atoms with van der Waals surface area (Å²) in [5.74, 6) is -0.416. The molecule has 128 valence electrons. The van der Waals surface area contributed by atoms with Crippen LogP contribution in [0.4, 0.5) is 11.5 Å². The number of aromatic nitrogens is 1. The van der Waals surface area contributed by atoms with Gasteiger partial charge in [-0.3, -0.25) is 14.4 Å². The minimum Gasteiger partial charge on any atom is -0.323 e. The van der Waals surface area contributed by atoms with E-state index >= 15 is 0 Å². The number of carbonyl (C=O) groups is 3. The number of nitrogens with zero attached hydrogens (tertiary/aromatic N) is 1. The number of ketones is 1. The zero-order valence-corrected chi connectivity index (χ0v) is 14.3. The SMILES string of the molecule is CC(=O)c1ccc(NC(=O)/C=C(/C)C(=O)Nc2ncccc2C)cc1. The lowest BCUT2D eigenvalue weighted by Gasteiger charge is -2.07. The summed E-state index contributed by atoms with van der Waals surface area (Å²) >= 11 is 0. The third kappa shape index (κ3) is 5.10. The molecular weight excluding hydrogens is 318 g/mol. The molecule has 0 fully saturated rings. The van der Waals surface area contributed by atoms with Gasteiger partial charge < -0.3 is 10.6 Å². The van der Waals surface area contributed by atoms with Crippen LogP contribution >= 0.6 is 0 Å². The van der Waals surface area contributed by atoms with Gasteiger partial charge in [0.25, 0.3) is 5.91 Å². The van der Waals surface area contributed by atoms with Crippen LogP contribution in [0, 0.1) is 6.92 Å². The molecule has 0 saturated heterocycles. The van der Waals surface area contributed by atoms with Crippen LogP contribution in [0.5, 0.6) is 0 Å². The molecule has 2 amide bonds. The zero-order chi connectivity index (χ0) is 18.4. The van der Waals surface area contributed by atoms with Crippen molar-refractivity contribution in [3.63, 3.8) is 0 Å². The fourth-order valence-electron chi connectivity index (χ4n) is 2.05. The molecule has 0 aliphatic carbocycles. The van der Waals surface area contributed by atoms with Gasteiger partial charge in [-0.15, -0.1) is 0 Å². The standard InChI is InChI=1S/C19H19N3O3/c1-12-5-4-10-20-18(12)22-19(25)13(2)11-17(24)21-16-8-6-15(7-9-16)14(3)23/h4-11H,1-3H3,(H,21,24)(H,20,22,25)/b13-11-. The number of nitrogens with one attached hydrogen (secondary N) is 2. The van der Waals surface area contributed by atoms with Crippen molar-refractivity contribution in [2.45, 2.75) is 20.8 Å². The number of aryl methyl sites for hydroxylation is 1. The monoisotopic (exact) mass is 337 g/mol. The van der Waals surface area contributed by atoms with Crippen molar-refractivity contribution in [3.05, 3.63) is 65.4 Å². The Morgan fingerprint density at radius 3 is 2.28 bits per heavy atom. The van der Waals surface area contributed by atoms with Crippen LogP contribution in [0.15, 0.2) is 54.2 Å². The highest BCUT2D eigenvalue weighted by Crippen LogP contribution is 2.12. The smallest absolute Gasteiger partial charge is 0.252 e. The van der Waals surface area contributed by atoms with Crippen molar-refractivity contribution in [2.75, 3.05) is 10.6 Å². The maximum atomic E-state index is 12.1. The predicted octanol–water partition coefficient (Wildman–Crippen LogP) is 3.12. The molecular formula is C19H19N3O3. The third-order valence-electron chi connectivity index (χ3n) is 3.51. The molecule has 0 spiro atoms. The first kappa shape index (κ1) is 18.1. The van der Waals surface area contributed by atoms with Crippen LogP contribution in [0.3, 0.4) is 0 Å². The van der Waals surface area contributed by atoms with Gasteiger partial charge >= 0.3 is 0 Å². The summed E-state index contributed by atoms with van der Waals surface area (Å²) in [7, 11) is 0. The number of benzene rings is 1. The Labute approximate surface area is 146 Å². The quantitative estimate of drug-likeness (QED) is 0.648. The number of carbonyl (C=O) groups excluding carboxylic acids is 3. The van der Waals surface area contributed by atoms with Crippen LogP contribution in [0.2, 0.25) is 0 Å². The molecule has 1 aromatic carbocycles. The highest BCUT2D eigenvalue weighted by molar-refractivity contribution is 6.09. The van der Waals surface area contributed by atoms with E-state index in [0.717, 1.165) is 5.56 Å². The lowest BCUT2D eigenvalue weighted by molar-refractivity contribution is -0.114. The number of hydrogen-bond donors (Lipinski definition) is 2. The van der Waals surface area contributed by atoms with E-state index in [0.29, 0.717) is 17.1 Å².